The third-order valence-corrected chi connectivity index (χ3v) is 3.78. The molecule has 2 N–H and O–H groups in total. The minimum absolute atomic E-state index is 0.448. The second-order valence-corrected chi connectivity index (χ2v) is 5.87. The third kappa shape index (κ3) is 6.57. The molecule has 0 bridgehead atoms. The van der Waals surface area contributed by atoms with Crippen LogP contribution in [0.25, 0.3) is 0 Å². The molecule has 4 nitrogen and oxygen atoms in total. The van der Waals surface area contributed by atoms with Crippen molar-refractivity contribution in [2.75, 3.05) is 6.61 Å². The molecule has 0 aliphatic carbocycles. The molecule has 2 aromatic carbocycles. The van der Waals surface area contributed by atoms with Crippen molar-refractivity contribution in [2.24, 2.45) is 15.9 Å². The third-order valence-electron chi connectivity index (χ3n) is 2.92. The van der Waals surface area contributed by atoms with Gasteiger partial charge in [0.05, 0.1) is 12.8 Å². The van der Waals surface area contributed by atoms with Crippen molar-refractivity contribution in [2.45, 2.75) is 19.1 Å². The summed E-state index contributed by atoms with van der Waals surface area (Å²) >= 11 is 1.47. The van der Waals surface area contributed by atoms with E-state index in [0.29, 0.717) is 11.8 Å². The number of benzene rings is 2. The summed E-state index contributed by atoms with van der Waals surface area (Å²) in [5.41, 5.74) is 8.00. The van der Waals surface area contributed by atoms with E-state index in [1.807, 2.05) is 42.5 Å². The zero-order valence-electron chi connectivity index (χ0n) is 13.2. The van der Waals surface area contributed by atoms with E-state index in [1.165, 1.54) is 17.3 Å². The summed E-state index contributed by atoms with van der Waals surface area (Å²) in [5, 5.41) is 8.50. The number of amidine groups is 1. The SMILES string of the molecule is CCCOc1cccc(C=NN=C(N)SCc2ccccc2)c1. The molecule has 0 amide bonds. The zero-order chi connectivity index (χ0) is 16.3. The van der Waals surface area contributed by atoms with Crippen molar-refractivity contribution in [3.63, 3.8) is 0 Å². The van der Waals surface area contributed by atoms with Gasteiger partial charge in [0.1, 0.15) is 5.75 Å². The largest absolute Gasteiger partial charge is 0.494 e. The van der Waals surface area contributed by atoms with E-state index in [9.17, 15) is 0 Å². The predicted molar refractivity (Wildman–Crippen MR) is 99.2 cm³/mol. The second kappa shape index (κ2) is 9.69. The highest BCUT2D eigenvalue weighted by Gasteiger charge is 1.96. The number of ether oxygens (including phenoxy) is 1. The van der Waals surface area contributed by atoms with Gasteiger partial charge in [-0.1, -0.05) is 61.2 Å². The summed E-state index contributed by atoms with van der Waals surface area (Å²) in [5.74, 6) is 1.62. The molecule has 0 saturated carbocycles. The maximum absolute atomic E-state index is 5.86. The smallest absolute Gasteiger partial charge is 0.180 e. The fourth-order valence-corrected chi connectivity index (χ4v) is 2.43. The Labute approximate surface area is 141 Å². The minimum Gasteiger partial charge on any atom is -0.494 e. The lowest BCUT2D eigenvalue weighted by Crippen LogP contribution is -2.06. The van der Waals surface area contributed by atoms with Gasteiger partial charge in [0.25, 0.3) is 0 Å². The first-order valence-electron chi connectivity index (χ1n) is 7.54. The Hall–Kier alpha value is -2.27. The van der Waals surface area contributed by atoms with E-state index in [4.69, 9.17) is 10.5 Å². The second-order valence-electron chi connectivity index (χ2n) is 4.88. The van der Waals surface area contributed by atoms with E-state index in [-0.39, 0.29) is 0 Å². The molecule has 0 atom stereocenters. The minimum atomic E-state index is 0.448. The summed E-state index contributed by atoms with van der Waals surface area (Å²) in [4.78, 5) is 0. The van der Waals surface area contributed by atoms with Crippen molar-refractivity contribution in [3.8, 4) is 5.75 Å². The molecule has 0 heterocycles. The van der Waals surface area contributed by atoms with Crippen molar-refractivity contribution < 1.29 is 4.74 Å². The van der Waals surface area contributed by atoms with Crippen LogP contribution in [0.15, 0.2) is 64.8 Å². The number of rotatable bonds is 7. The maximum Gasteiger partial charge on any atom is 0.180 e. The van der Waals surface area contributed by atoms with Crippen molar-refractivity contribution in [1.29, 1.82) is 0 Å². The van der Waals surface area contributed by atoms with Crippen LogP contribution in [0.4, 0.5) is 0 Å². The van der Waals surface area contributed by atoms with Crippen molar-refractivity contribution in [3.05, 3.63) is 65.7 Å². The van der Waals surface area contributed by atoms with Crippen LogP contribution < -0.4 is 10.5 Å². The molecule has 23 heavy (non-hydrogen) atoms. The number of nitrogens with zero attached hydrogens (tertiary/aromatic N) is 2. The molecule has 2 aromatic rings. The van der Waals surface area contributed by atoms with Crippen LogP contribution in [0, 0.1) is 0 Å². The highest BCUT2D eigenvalue weighted by molar-refractivity contribution is 8.13. The molecule has 2 rings (SSSR count). The monoisotopic (exact) mass is 327 g/mol. The van der Waals surface area contributed by atoms with Gasteiger partial charge < -0.3 is 10.5 Å². The maximum atomic E-state index is 5.86. The van der Waals surface area contributed by atoms with Crippen molar-refractivity contribution >= 4 is 23.1 Å². The first-order valence-corrected chi connectivity index (χ1v) is 8.52. The van der Waals surface area contributed by atoms with Crippen LogP contribution in [0.1, 0.15) is 24.5 Å². The average Bonchev–Trinajstić information content (AvgIpc) is 2.59. The summed E-state index contributed by atoms with van der Waals surface area (Å²) in [6.07, 6.45) is 2.66. The van der Waals surface area contributed by atoms with E-state index >= 15 is 0 Å². The first kappa shape index (κ1) is 17.1. The predicted octanol–water partition coefficient (Wildman–Crippen LogP) is 4.06. The molecular weight excluding hydrogens is 306 g/mol. The summed E-state index contributed by atoms with van der Waals surface area (Å²) in [6.45, 7) is 2.79. The molecule has 0 radical (unpaired) electrons. The normalized spacial score (nSPS) is 11.8. The van der Waals surface area contributed by atoms with E-state index in [2.05, 4.69) is 29.3 Å². The Balaban J connectivity index is 1.86. The van der Waals surface area contributed by atoms with Gasteiger partial charge >= 0.3 is 0 Å². The van der Waals surface area contributed by atoms with E-state index in [1.54, 1.807) is 6.21 Å². The van der Waals surface area contributed by atoms with Crippen molar-refractivity contribution in [1.82, 2.24) is 0 Å². The van der Waals surface area contributed by atoms with Gasteiger partial charge in [-0.05, 0) is 29.7 Å². The quantitative estimate of drug-likeness (QED) is 0.474. The first-order chi connectivity index (χ1) is 11.3. The van der Waals surface area contributed by atoms with Gasteiger partial charge in [-0.15, -0.1) is 5.10 Å². The Morgan fingerprint density at radius 2 is 2.00 bits per heavy atom. The lowest BCUT2D eigenvalue weighted by atomic mass is 10.2. The molecule has 0 unspecified atom stereocenters. The van der Waals surface area contributed by atoms with Gasteiger partial charge in [-0.25, -0.2) is 0 Å². The molecule has 0 aromatic heterocycles. The van der Waals surface area contributed by atoms with Gasteiger partial charge in [0.2, 0.25) is 0 Å². The molecular formula is C18H21N3OS. The van der Waals surface area contributed by atoms with E-state index < -0.39 is 0 Å². The Kier molecular flexibility index (Phi) is 7.20. The lowest BCUT2D eigenvalue weighted by Gasteiger charge is -2.04. The lowest BCUT2D eigenvalue weighted by molar-refractivity contribution is 0.317. The fraction of sp³-hybridized carbons (Fsp3) is 0.222. The van der Waals surface area contributed by atoms with Gasteiger partial charge in [0, 0.05) is 5.75 Å². The van der Waals surface area contributed by atoms with Gasteiger partial charge in [0.15, 0.2) is 5.17 Å². The number of hydrogen-bond donors (Lipinski definition) is 1. The van der Waals surface area contributed by atoms with Gasteiger partial charge in [-0.3, -0.25) is 0 Å². The van der Waals surface area contributed by atoms with Crippen LogP contribution in [-0.4, -0.2) is 18.0 Å². The standard InChI is InChI=1S/C18H21N3OS/c1-2-11-22-17-10-6-9-16(12-17)13-20-21-18(19)23-14-15-7-4-3-5-8-15/h3-10,12-13H,2,11,14H2,1H3,(H2,19,21). The molecule has 0 spiro atoms. The van der Waals surface area contributed by atoms with Crippen LogP contribution in [-0.2, 0) is 5.75 Å². The Bertz CT molecular complexity index is 656. The topological polar surface area (TPSA) is 60.0 Å². The fourth-order valence-electron chi connectivity index (χ4n) is 1.82. The average molecular weight is 327 g/mol. The van der Waals surface area contributed by atoms with Crippen LogP contribution in [0.2, 0.25) is 0 Å². The summed E-state index contributed by atoms with van der Waals surface area (Å²) in [6, 6.07) is 17.9. The highest BCUT2D eigenvalue weighted by atomic mass is 32.2. The van der Waals surface area contributed by atoms with Crippen LogP contribution in [0.5, 0.6) is 5.75 Å². The number of thioether (sulfide) groups is 1. The molecule has 0 aliphatic rings. The number of nitrogens with two attached hydrogens (primary N) is 1. The Morgan fingerprint density at radius 3 is 2.78 bits per heavy atom. The number of hydrogen-bond acceptors (Lipinski definition) is 4. The summed E-state index contributed by atoms with van der Waals surface area (Å²) < 4.78 is 5.58. The van der Waals surface area contributed by atoms with Gasteiger partial charge in [-0.2, -0.15) is 5.10 Å². The Morgan fingerprint density at radius 1 is 1.17 bits per heavy atom. The summed E-state index contributed by atoms with van der Waals surface area (Å²) in [7, 11) is 0. The van der Waals surface area contributed by atoms with E-state index in [0.717, 1.165) is 23.5 Å². The molecule has 0 aliphatic heterocycles. The highest BCUT2D eigenvalue weighted by Crippen LogP contribution is 2.13. The zero-order valence-corrected chi connectivity index (χ0v) is 14.0. The molecule has 5 heteroatoms. The molecule has 0 fully saturated rings. The van der Waals surface area contributed by atoms with Crippen LogP contribution >= 0.6 is 11.8 Å². The molecule has 0 saturated heterocycles. The van der Waals surface area contributed by atoms with Crippen LogP contribution in [0.3, 0.4) is 0 Å². The molecule has 120 valence electrons.